The average Bonchev–Trinajstić information content (AvgIpc) is 2.62. The summed E-state index contributed by atoms with van der Waals surface area (Å²) in [6.45, 7) is 6.18. The Balaban J connectivity index is 2.02. The van der Waals surface area contributed by atoms with Crippen LogP contribution in [0.4, 0.5) is 17.5 Å². The zero-order valence-corrected chi connectivity index (χ0v) is 15.6. The van der Waals surface area contributed by atoms with Crippen molar-refractivity contribution in [3.63, 3.8) is 0 Å². The van der Waals surface area contributed by atoms with E-state index in [9.17, 15) is 0 Å². The number of hydrogen-bond donors (Lipinski definition) is 2. The lowest BCUT2D eigenvalue weighted by atomic mass is 10.1. The fraction of sp³-hybridized carbons (Fsp3) is 0.238. The van der Waals surface area contributed by atoms with Crippen molar-refractivity contribution < 1.29 is 4.74 Å². The SMILES string of the molecule is COc1ccc(C)cc1Nc1cc(-c2ccccc2)nc(NC(C)C)n1. The van der Waals surface area contributed by atoms with Crippen LogP contribution in [0, 0.1) is 6.92 Å². The number of anilines is 3. The van der Waals surface area contributed by atoms with Gasteiger partial charge in [-0.2, -0.15) is 4.98 Å². The molecule has 0 saturated carbocycles. The number of nitrogens with zero attached hydrogens (tertiary/aromatic N) is 2. The van der Waals surface area contributed by atoms with E-state index in [1.165, 1.54) is 0 Å². The quantitative estimate of drug-likeness (QED) is 0.655. The first kappa shape index (κ1) is 17.7. The maximum atomic E-state index is 5.46. The van der Waals surface area contributed by atoms with Crippen molar-refractivity contribution >= 4 is 17.5 Å². The van der Waals surface area contributed by atoms with Crippen molar-refractivity contribution in [3.8, 4) is 17.0 Å². The monoisotopic (exact) mass is 348 g/mol. The highest BCUT2D eigenvalue weighted by atomic mass is 16.5. The van der Waals surface area contributed by atoms with Gasteiger partial charge in [0.15, 0.2) is 0 Å². The molecule has 0 bridgehead atoms. The van der Waals surface area contributed by atoms with E-state index in [0.29, 0.717) is 11.8 Å². The molecule has 134 valence electrons. The van der Waals surface area contributed by atoms with E-state index in [2.05, 4.69) is 34.4 Å². The van der Waals surface area contributed by atoms with Crippen molar-refractivity contribution in [1.29, 1.82) is 0 Å². The highest BCUT2D eigenvalue weighted by Crippen LogP contribution is 2.30. The van der Waals surface area contributed by atoms with Crippen molar-refractivity contribution in [2.75, 3.05) is 17.7 Å². The van der Waals surface area contributed by atoms with E-state index in [1.807, 2.05) is 61.5 Å². The van der Waals surface area contributed by atoms with Gasteiger partial charge in [-0.1, -0.05) is 36.4 Å². The molecule has 0 atom stereocenters. The molecule has 2 N–H and O–H groups in total. The summed E-state index contributed by atoms with van der Waals surface area (Å²) in [4.78, 5) is 9.26. The van der Waals surface area contributed by atoms with Gasteiger partial charge in [-0.3, -0.25) is 0 Å². The lowest BCUT2D eigenvalue weighted by Crippen LogP contribution is -2.13. The lowest BCUT2D eigenvalue weighted by Gasteiger charge is -2.15. The third-order valence-electron chi connectivity index (χ3n) is 3.83. The van der Waals surface area contributed by atoms with Gasteiger partial charge in [0.25, 0.3) is 0 Å². The maximum Gasteiger partial charge on any atom is 0.225 e. The van der Waals surface area contributed by atoms with Gasteiger partial charge in [0, 0.05) is 17.7 Å². The van der Waals surface area contributed by atoms with Crippen LogP contribution in [0.3, 0.4) is 0 Å². The van der Waals surface area contributed by atoms with Crippen LogP contribution in [0.25, 0.3) is 11.3 Å². The van der Waals surface area contributed by atoms with Crippen molar-refractivity contribution in [2.45, 2.75) is 26.8 Å². The summed E-state index contributed by atoms with van der Waals surface area (Å²) < 4.78 is 5.46. The van der Waals surface area contributed by atoms with Gasteiger partial charge < -0.3 is 15.4 Å². The minimum atomic E-state index is 0.238. The minimum absolute atomic E-state index is 0.238. The molecule has 26 heavy (non-hydrogen) atoms. The van der Waals surface area contributed by atoms with Gasteiger partial charge >= 0.3 is 0 Å². The molecule has 0 aliphatic heterocycles. The summed E-state index contributed by atoms with van der Waals surface area (Å²) in [5, 5.41) is 6.66. The molecule has 5 nitrogen and oxygen atoms in total. The molecule has 3 rings (SSSR count). The zero-order chi connectivity index (χ0) is 18.5. The molecule has 1 aromatic heterocycles. The van der Waals surface area contributed by atoms with Crippen LogP contribution < -0.4 is 15.4 Å². The standard InChI is InChI=1S/C21H24N4O/c1-14(2)22-21-24-17(16-8-6-5-7-9-16)13-20(25-21)23-18-12-15(3)10-11-19(18)26-4/h5-14H,1-4H3,(H2,22,23,24,25). The van der Waals surface area contributed by atoms with Crippen molar-refractivity contribution in [3.05, 3.63) is 60.2 Å². The number of rotatable bonds is 6. The lowest BCUT2D eigenvalue weighted by molar-refractivity contribution is 0.416. The van der Waals surface area contributed by atoms with Gasteiger partial charge in [0.1, 0.15) is 11.6 Å². The summed E-state index contributed by atoms with van der Waals surface area (Å²) in [5.41, 5.74) is 3.92. The summed E-state index contributed by atoms with van der Waals surface area (Å²) in [6, 6.07) is 18.3. The molecular formula is C21H24N4O. The van der Waals surface area contributed by atoms with E-state index >= 15 is 0 Å². The van der Waals surface area contributed by atoms with E-state index in [0.717, 1.165) is 28.3 Å². The number of ether oxygens (including phenoxy) is 1. The summed E-state index contributed by atoms with van der Waals surface area (Å²) >= 11 is 0. The van der Waals surface area contributed by atoms with Crippen LogP contribution >= 0.6 is 0 Å². The predicted molar refractivity (Wildman–Crippen MR) is 107 cm³/mol. The third kappa shape index (κ3) is 4.30. The Bertz CT molecular complexity index is 878. The van der Waals surface area contributed by atoms with Gasteiger partial charge in [0.2, 0.25) is 5.95 Å². The third-order valence-corrected chi connectivity index (χ3v) is 3.83. The second-order valence-electron chi connectivity index (χ2n) is 6.46. The van der Waals surface area contributed by atoms with E-state index in [-0.39, 0.29) is 6.04 Å². The Kier molecular flexibility index (Phi) is 5.37. The first-order valence-electron chi connectivity index (χ1n) is 8.68. The van der Waals surface area contributed by atoms with Crippen LogP contribution in [-0.4, -0.2) is 23.1 Å². The molecule has 0 spiro atoms. The Hall–Kier alpha value is -3.08. The molecule has 3 aromatic rings. The second-order valence-corrected chi connectivity index (χ2v) is 6.46. The topological polar surface area (TPSA) is 59.1 Å². The molecule has 0 amide bonds. The van der Waals surface area contributed by atoms with Crippen LogP contribution in [0.15, 0.2) is 54.6 Å². The van der Waals surface area contributed by atoms with E-state index in [4.69, 9.17) is 4.74 Å². The van der Waals surface area contributed by atoms with E-state index < -0.39 is 0 Å². The first-order chi connectivity index (χ1) is 12.5. The minimum Gasteiger partial charge on any atom is -0.495 e. The molecule has 0 radical (unpaired) electrons. The number of methoxy groups -OCH3 is 1. The molecular weight excluding hydrogens is 324 g/mol. The molecule has 0 unspecified atom stereocenters. The highest BCUT2D eigenvalue weighted by molar-refractivity contribution is 5.70. The van der Waals surface area contributed by atoms with Crippen LogP contribution in [0.2, 0.25) is 0 Å². The predicted octanol–water partition coefficient (Wildman–Crippen LogP) is 5.02. The molecule has 0 aliphatic rings. The maximum absolute atomic E-state index is 5.46. The molecule has 0 fully saturated rings. The van der Waals surface area contributed by atoms with Gasteiger partial charge in [-0.05, 0) is 38.5 Å². The van der Waals surface area contributed by atoms with Gasteiger partial charge in [0.05, 0.1) is 18.5 Å². The van der Waals surface area contributed by atoms with Crippen LogP contribution in [0.1, 0.15) is 19.4 Å². The average molecular weight is 348 g/mol. The summed E-state index contributed by atoms with van der Waals surface area (Å²) in [7, 11) is 1.66. The van der Waals surface area contributed by atoms with Crippen molar-refractivity contribution in [2.24, 2.45) is 0 Å². The normalized spacial score (nSPS) is 10.7. The molecule has 0 aliphatic carbocycles. The van der Waals surface area contributed by atoms with Crippen molar-refractivity contribution in [1.82, 2.24) is 9.97 Å². The van der Waals surface area contributed by atoms with Crippen LogP contribution in [-0.2, 0) is 0 Å². The molecule has 1 heterocycles. The number of nitrogens with one attached hydrogen (secondary N) is 2. The Morgan fingerprint density at radius 2 is 1.73 bits per heavy atom. The largest absolute Gasteiger partial charge is 0.495 e. The van der Waals surface area contributed by atoms with Gasteiger partial charge in [-0.25, -0.2) is 4.98 Å². The molecule has 5 heteroatoms. The van der Waals surface area contributed by atoms with Gasteiger partial charge in [-0.15, -0.1) is 0 Å². The fourth-order valence-electron chi connectivity index (χ4n) is 2.65. The highest BCUT2D eigenvalue weighted by Gasteiger charge is 2.10. The van der Waals surface area contributed by atoms with Crippen LogP contribution in [0.5, 0.6) is 5.75 Å². The Morgan fingerprint density at radius 1 is 0.962 bits per heavy atom. The number of aryl methyl sites for hydroxylation is 1. The summed E-state index contributed by atoms with van der Waals surface area (Å²) in [6.07, 6.45) is 0. The molecule has 0 saturated heterocycles. The number of hydrogen-bond acceptors (Lipinski definition) is 5. The Labute approximate surface area is 154 Å². The number of benzene rings is 2. The summed E-state index contributed by atoms with van der Waals surface area (Å²) in [5.74, 6) is 2.08. The smallest absolute Gasteiger partial charge is 0.225 e. The fourth-order valence-corrected chi connectivity index (χ4v) is 2.65. The first-order valence-corrected chi connectivity index (χ1v) is 8.68. The zero-order valence-electron chi connectivity index (χ0n) is 15.6. The molecule has 2 aromatic carbocycles. The second kappa shape index (κ2) is 7.87. The number of aromatic nitrogens is 2. The van der Waals surface area contributed by atoms with E-state index in [1.54, 1.807) is 7.11 Å². The Morgan fingerprint density at radius 3 is 2.42 bits per heavy atom.